The Morgan fingerprint density at radius 1 is 1.25 bits per heavy atom. The summed E-state index contributed by atoms with van der Waals surface area (Å²) in [5, 5.41) is 8.29. The van der Waals surface area contributed by atoms with E-state index < -0.39 is 5.97 Å². The summed E-state index contributed by atoms with van der Waals surface area (Å²) in [5.41, 5.74) is 0.898. The Morgan fingerprint density at radius 2 is 1.83 bits per heavy atom. The van der Waals surface area contributed by atoms with Crippen molar-refractivity contribution in [2.45, 2.75) is 0 Å². The first kappa shape index (κ1) is 11.1. The van der Waals surface area contributed by atoms with Crippen molar-refractivity contribution in [3.8, 4) is 0 Å². The maximum atomic E-state index is 10.1. The first-order chi connectivity index (χ1) is 5.29. The molecule has 12 heavy (non-hydrogen) atoms. The molecule has 0 radical (unpaired) electrons. The molecule has 0 aliphatic rings. The molecule has 3 heteroatoms. The summed E-state index contributed by atoms with van der Waals surface area (Å²) in [4.78, 5) is 10.1. The first-order valence-corrected chi connectivity index (χ1v) is 3.25. The molecule has 0 aliphatic carbocycles. The first-order valence-electron chi connectivity index (χ1n) is 3.25. The number of hydrogen-bond donors (Lipinski definition) is 1. The average molecular weight is 221 g/mol. The summed E-state index contributed by atoms with van der Waals surface area (Å²) < 4.78 is 0. The van der Waals surface area contributed by atoms with E-state index in [1.807, 2.05) is 30.3 Å². The Hall–Kier alpha value is -0.934. The van der Waals surface area contributed by atoms with E-state index in [1.165, 1.54) is 0 Å². The van der Waals surface area contributed by atoms with E-state index in [2.05, 4.69) is 0 Å². The van der Waals surface area contributed by atoms with Gasteiger partial charge >= 0.3 is 25.8 Å². The van der Waals surface area contributed by atoms with Crippen LogP contribution >= 0.6 is 0 Å². The van der Waals surface area contributed by atoms with Crippen LogP contribution in [0.4, 0.5) is 0 Å². The molecule has 2 nitrogen and oxygen atoms in total. The van der Waals surface area contributed by atoms with Crippen molar-refractivity contribution in [1.82, 2.24) is 0 Å². The van der Waals surface area contributed by atoms with Crippen LogP contribution in [0, 0.1) is 0 Å². The maximum absolute atomic E-state index is 10.1. The van der Waals surface area contributed by atoms with Crippen LogP contribution in [0.25, 0.3) is 6.08 Å². The van der Waals surface area contributed by atoms with Crippen LogP contribution in [0.15, 0.2) is 36.4 Å². The second kappa shape index (κ2) is 5.68. The zero-order chi connectivity index (χ0) is 8.10. The molecule has 0 spiro atoms. The summed E-state index contributed by atoms with van der Waals surface area (Å²) in [5.74, 6) is -0.922. The van der Waals surface area contributed by atoms with Crippen LogP contribution in [0.3, 0.4) is 0 Å². The fourth-order valence-electron chi connectivity index (χ4n) is 0.732. The standard InChI is InChI=1S/C9H8O2.Ga.3H/c10-9(11)7-6-8-4-2-1-3-5-8;;;;/h1-7H,(H,10,11);;;;. The Labute approximate surface area is 84.0 Å². The number of carboxylic acid groups (broad SMARTS) is 1. The molecule has 0 fully saturated rings. The normalized spacial score (nSPS) is 9.33. The molecule has 1 aromatic carbocycles. The monoisotopic (exact) mass is 220 g/mol. The van der Waals surface area contributed by atoms with Crippen molar-refractivity contribution >= 4 is 31.8 Å². The molecule has 0 bridgehead atoms. The Balaban J connectivity index is 0.00000121. The van der Waals surface area contributed by atoms with Crippen LogP contribution < -0.4 is 0 Å². The Bertz CT molecular complexity index is 267. The predicted octanol–water partition coefficient (Wildman–Crippen LogP) is 0.600. The van der Waals surface area contributed by atoms with Crippen molar-refractivity contribution in [2.24, 2.45) is 0 Å². The number of carbonyl (C=O) groups is 1. The SMILES string of the molecule is O=C(O)C=Cc1ccccc1.[GaH3]. The number of rotatable bonds is 2. The molecular weight excluding hydrogens is 210 g/mol. The molecule has 0 amide bonds. The van der Waals surface area contributed by atoms with E-state index >= 15 is 0 Å². The van der Waals surface area contributed by atoms with Crippen molar-refractivity contribution in [2.75, 3.05) is 0 Å². The third kappa shape index (κ3) is 4.05. The van der Waals surface area contributed by atoms with Crippen LogP contribution in [0.2, 0.25) is 0 Å². The molecule has 0 aliphatic heterocycles. The second-order valence-corrected chi connectivity index (χ2v) is 2.08. The second-order valence-electron chi connectivity index (χ2n) is 2.08. The molecule has 0 heterocycles. The van der Waals surface area contributed by atoms with Crippen LogP contribution in [0.5, 0.6) is 0 Å². The van der Waals surface area contributed by atoms with Crippen LogP contribution in [-0.4, -0.2) is 30.9 Å². The van der Waals surface area contributed by atoms with E-state index in [1.54, 1.807) is 6.08 Å². The summed E-state index contributed by atoms with van der Waals surface area (Å²) in [6.07, 6.45) is 2.68. The fraction of sp³-hybridized carbons (Fsp3) is 0. The molecule has 0 saturated heterocycles. The molecule has 1 rings (SSSR count). The molecule has 0 atom stereocenters. The van der Waals surface area contributed by atoms with Crippen molar-refractivity contribution < 1.29 is 9.90 Å². The Kier molecular flexibility index (Phi) is 5.24. The van der Waals surface area contributed by atoms with Crippen molar-refractivity contribution in [1.29, 1.82) is 0 Å². The van der Waals surface area contributed by atoms with Crippen molar-refractivity contribution in [3.05, 3.63) is 42.0 Å². The van der Waals surface area contributed by atoms with Gasteiger partial charge < -0.3 is 5.11 Å². The van der Waals surface area contributed by atoms with E-state index in [9.17, 15) is 4.79 Å². The molecule has 0 unspecified atom stereocenters. The fourth-order valence-corrected chi connectivity index (χ4v) is 0.732. The summed E-state index contributed by atoms with van der Waals surface area (Å²) in [6.45, 7) is 0. The van der Waals surface area contributed by atoms with Gasteiger partial charge in [-0.15, -0.1) is 0 Å². The summed E-state index contributed by atoms with van der Waals surface area (Å²) in [6, 6.07) is 9.31. The summed E-state index contributed by atoms with van der Waals surface area (Å²) >= 11 is 0. The average Bonchev–Trinajstić information content (AvgIpc) is 2.03. The molecule has 62 valence electrons. The van der Waals surface area contributed by atoms with E-state index in [-0.39, 0.29) is 19.8 Å². The number of carboxylic acids is 1. The van der Waals surface area contributed by atoms with Crippen LogP contribution in [-0.2, 0) is 4.79 Å². The predicted molar refractivity (Wildman–Crippen MR) is 53.1 cm³/mol. The topological polar surface area (TPSA) is 37.3 Å². The van der Waals surface area contributed by atoms with E-state index in [4.69, 9.17) is 5.11 Å². The van der Waals surface area contributed by atoms with Gasteiger partial charge in [0.05, 0.1) is 0 Å². The van der Waals surface area contributed by atoms with Gasteiger partial charge in [0.15, 0.2) is 0 Å². The van der Waals surface area contributed by atoms with Gasteiger partial charge in [-0.2, -0.15) is 0 Å². The number of hydrogen-bond acceptors (Lipinski definition) is 1. The van der Waals surface area contributed by atoms with Gasteiger partial charge in [-0.3, -0.25) is 0 Å². The van der Waals surface area contributed by atoms with Crippen LogP contribution in [0.1, 0.15) is 5.56 Å². The molecule has 1 aromatic rings. The third-order valence-corrected chi connectivity index (χ3v) is 1.22. The van der Waals surface area contributed by atoms with Gasteiger partial charge in [0.1, 0.15) is 0 Å². The van der Waals surface area contributed by atoms with Gasteiger partial charge in [-0.05, 0) is 11.6 Å². The number of benzene rings is 1. The summed E-state index contributed by atoms with van der Waals surface area (Å²) in [7, 11) is 0. The van der Waals surface area contributed by atoms with E-state index in [0.29, 0.717) is 0 Å². The Morgan fingerprint density at radius 3 is 2.33 bits per heavy atom. The van der Waals surface area contributed by atoms with E-state index in [0.717, 1.165) is 11.6 Å². The van der Waals surface area contributed by atoms with Gasteiger partial charge in [-0.1, -0.05) is 30.3 Å². The van der Waals surface area contributed by atoms with Gasteiger partial charge in [-0.25, -0.2) is 4.79 Å². The quantitative estimate of drug-likeness (QED) is 0.586. The number of aliphatic carboxylic acids is 1. The van der Waals surface area contributed by atoms with Gasteiger partial charge in [0.25, 0.3) is 0 Å². The zero-order valence-electron chi connectivity index (χ0n) is 5.90. The molecule has 0 aromatic heterocycles. The van der Waals surface area contributed by atoms with Crippen molar-refractivity contribution in [3.63, 3.8) is 0 Å². The third-order valence-electron chi connectivity index (χ3n) is 1.22. The van der Waals surface area contributed by atoms with Gasteiger partial charge in [0, 0.05) is 6.08 Å². The zero-order valence-corrected chi connectivity index (χ0v) is 5.90. The molecule has 1 N–H and O–H groups in total. The minimum atomic E-state index is -0.922. The van der Waals surface area contributed by atoms with Gasteiger partial charge in [0.2, 0.25) is 0 Å². The molecular formula is C9H11GaO2. The molecule has 0 saturated carbocycles. The minimum absolute atomic E-state index is 0.